The van der Waals surface area contributed by atoms with Crippen molar-refractivity contribution in [2.24, 2.45) is 11.5 Å². The predicted molar refractivity (Wildman–Crippen MR) is 59.5 cm³/mol. The normalized spacial score (nSPS) is 12.9. The van der Waals surface area contributed by atoms with E-state index in [0.29, 0.717) is 6.54 Å². The molecule has 0 aliphatic rings. The molecule has 13 heavy (non-hydrogen) atoms. The molecule has 0 saturated carbocycles. The van der Waals surface area contributed by atoms with E-state index in [1.165, 1.54) is 5.56 Å². The van der Waals surface area contributed by atoms with Gasteiger partial charge in [0.15, 0.2) is 0 Å². The minimum absolute atomic E-state index is 0.0487. The van der Waals surface area contributed by atoms with Crippen LogP contribution in [0.1, 0.15) is 24.1 Å². The van der Waals surface area contributed by atoms with Crippen molar-refractivity contribution >= 4 is 15.9 Å². The van der Waals surface area contributed by atoms with Gasteiger partial charge < -0.3 is 11.5 Å². The summed E-state index contributed by atoms with van der Waals surface area (Å²) in [6.07, 6.45) is 0.996. The highest BCUT2D eigenvalue weighted by molar-refractivity contribution is 9.10. The summed E-state index contributed by atoms with van der Waals surface area (Å²) < 4.78 is 1.06. The Kier molecular flexibility index (Phi) is 3.90. The standard InChI is InChI=1S/C10H15BrN2/c1-2-7-3-4-8(11)5-9(7)10(13)6-12/h3-5,10H,2,6,12-13H2,1H3/t10-/m1/s1. The van der Waals surface area contributed by atoms with Crippen LogP contribution >= 0.6 is 15.9 Å². The van der Waals surface area contributed by atoms with E-state index in [-0.39, 0.29) is 6.04 Å². The van der Waals surface area contributed by atoms with Crippen LogP contribution in [0.15, 0.2) is 22.7 Å². The SMILES string of the molecule is CCc1ccc(Br)cc1[C@H](N)CN. The molecule has 0 aromatic heterocycles. The van der Waals surface area contributed by atoms with Crippen LogP contribution in [-0.4, -0.2) is 6.54 Å². The average molecular weight is 243 g/mol. The first-order chi connectivity index (χ1) is 6.19. The number of aryl methyl sites for hydroxylation is 1. The number of halogens is 1. The Morgan fingerprint density at radius 2 is 2.15 bits per heavy atom. The van der Waals surface area contributed by atoms with Gasteiger partial charge in [-0.3, -0.25) is 0 Å². The highest BCUT2D eigenvalue weighted by Gasteiger charge is 2.08. The lowest BCUT2D eigenvalue weighted by molar-refractivity contribution is 0.726. The number of hydrogen-bond acceptors (Lipinski definition) is 2. The quantitative estimate of drug-likeness (QED) is 0.852. The van der Waals surface area contributed by atoms with Gasteiger partial charge >= 0.3 is 0 Å². The number of nitrogens with two attached hydrogens (primary N) is 2. The molecule has 0 bridgehead atoms. The molecule has 0 saturated heterocycles. The van der Waals surface area contributed by atoms with E-state index >= 15 is 0 Å². The largest absolute Gasteiger partial charge is 0.329 e. The summed E-state index contributed by atoms with van der Waals surface area (Å²) in [4.78, 5) is 0. The third kappa shape index (κ3) is 2.53. The molecule has 0 amide bonds. The van der Waals surface area contributed by atoms with Crippen molar-refractivity contribution in [1.82, 2.24) is 0 Å². The van der Waals surface area contributed by atoms with E-state index in [9.17, 15) is 0 Å². The van der Waals surface area contributed by atoms with Gasteiger partial charge in [0.2, 0.25) is 0 Å². The van der Waals surface area contributed by atoms with Crippen LogP contribution in [0.25, 0.3) is 0 Å². The zero-order valence-electron chi connectivity index (χ0n) is 7.76. The molecule has 4 N–H and O–H groups in total. The first-order valence-electron chi connectivity index (χ1n) is 4.43. The summed E-state index contributed by atoms with van der Waals surface area (Å²) in [7, 11) is 0. The molecule has 1 aromatic carbocycles. The highest BCUT2D eigenvalue weighted by Crippen LogP contribution is 2.21. The summed E-state index contributed by atoms with van der Waals surface area (Å²) in [6, 6.07) is 6.13. The number of hydrogen-bond donors (Lipinski definition) is 2. The minimum Gasteiger partial charge on any atom is -0.329 e. The molecule has 0 unspecified atom stereocenters. The maximum atomic E-state index is 5.89. The van der Waals surface area contributed by atoms with Gasteiger partial charge in [0, 0.05) is 17.1 Å². The Hall–Kier alpha value is -0.380. The Labute approximate surface area is 87.4 Å². The van der Waals surface area contributed by atoms with Gasteiger partial charge in [-0.25, -0.2) is 0 Å². The fourth-order valence-corrected chi connectivity index (χ4v) is 1.74. The van der Waals surface area contributed by atoms with Gasteiger partial charge in [-0.05, 0) is 29.7 Å². The number of benzene rings is 1. The molecule has 0 aliphatic heterocycles. The monoisotopic (exact) mass is 242 g/mol. The van der Waals surface area contributed by atoms with Crippen molar-refractivity contribution in [3.05, 3.63) is 33.8 Å². The maximum absolute atomic E-state index is 5.89. The molecular weight excluding hydrogens is 228 g/mol. The van der Waals surface area contributed by atoms with Gasteiger partial charge in [-0.1, -0.05) is 28.9 Å². The summed E-state index contributed by atoms with van der Waals surface area (Å²) in [5, 5.41) is 0. The summed E-state index contributed by atoms with van der Waals surface area (Å²) in [5.41, 5.74) is 13.9. The first-order valence-corrected chi connectivity index (χ1v) is 5.22. The van der Waals surface area contributed by atoms with Gasteiger partial charge in [0.25, 0.3) is 0 Å². The molecule has 0 spiro atoms. The first kappa shape index (κ1) is 10.7. The second kappa shape index (κ2) is 4.74. The minimum atomic E-state index is -0.0487. The van der Waals surface area contributed by atoms with Crippen LogP contribution in [0.4, 0.5) is 0 Å². The topological polar surface area (TPSA) is 52.0 Å². The Morgan fingerprint density at radius 3 is 2.69 bits per heavy atom. The fraction of sp³-hybridized carbons (Fsp3) is 0.400. The summed E-state index contributed by atoms with van der Waals surface area (Å²) >= 11 is 3.43. The van der Waals surface area contributed by atoms with Crippen LogP contribution in [-0.2, 0) is 6.42 Å². The van der Waals surface area contributed by atoms with Crippen molar-refractivity contribution in [2.45, 2.75) is 19.4 Å². The lowest BCUT2D eigenvalue weighted by Crippen LogP contribution is -2.22. The molecule has 0 fully saturated rings. The Balaban J connectivity index is 3.07. The molecule has 72 valence electrons. The third-order valence-electron chi connectivity index (χ3n) is 2.14. The van der Waals surface area contributed by atoms with Crippen LogP contribution in [0.5, 0.6) is 0 Å². The Bertz CT molecular complexity index is 286. The zero-order valence-corrected chi connectivity index (χ0v) is 9.34. The van der Waals surface area contributed by atoms with E-state index < -0.39 is 0 Å². The fourth-order valence-electron chi connectivity index (χ4n) is 1.36. The summed E-state index contributed by atoms with van der Waals surface area (Å²) in [6.45, 7) is 2.61. The average Bonchev–Trinajstić information content (AvgIpc) is 2.16. The Morgan fingerprint density at radius 1 is 1.46 bits per heavy atom. The van der Waals surface area contributed by atoms with Gasteiger partial charge in [0.05, 0.1) is 0 Å². The lowest BCUT2D eigenvalue weighted by atomic mass is 9.99. The summed E-state index contributed by atoms with van der Waals surface area (Å²) in [5.74, 6) is 0. The van der Waals surface area contributed by atoms with Crippen molar-refractivity contribution in [2.75, 3.05) is 6.54 Å². The molecule has 3 heteroatoms. The van der Waals surface area contributed by atoms with Crippen LogP contribution < -0.4 is 11.5 Å². The molecule has 2 nitrogen and oxygen atoms in total. The van der Waals surface area contributed by atoms with Crippen molar-refractivity contribution < 1.29 is 0 Å². The molecule has 0 heterocycles. The van der Waals surface area contributed by atoms with E-state index in [4.69, 9.17) is 11.5 Å². The van der Waals surface area contributed by atoms with Crippen LogP contribution in [0.2, 0.25) is 0 Å². The second-order valence-corrected chi connectivity index (χ2v) is 3.95. The molecule has 0 aliphatic carbocycles. The van der Waals surface area contributed by atoms with Gasteiger partial charge in [-0.15, -0.1) is 0 Å². The molecule has 1 rings (SSSR count). The van der Waals surface area contributed by atoms with Crippen LogP contribution in [0.3, 0.4) is 0 Å². The lowest BCUT2D eigenvalue weighted by Gasteiger charge is -2.14. The van der Waals surface area contributed by atoms with E-state index in [1.807, 2.05) is 6.07 Å². The smallest absolute Gasteiger partial charge is 0.0422 e. The highest BCUT2D eigenvalue weighted by atomic mass is 79.9. The zero-order chi connectivity index (χ0) is 9.84. The predicted octanol–water partition coefficient (Wildman–Crippen LogP) is 1.97. The molecule has 1 atom stereocenters. The van der Waals surface area contributed by atoms with Crippen molar-refractivity contribution in [1.29, 1.82) is 0 Å². The van der Waals surface area contributed by atoms with E-state index in [2.05, 4.69) is 35.0 Å². The van der Waals surface area contributed by atoms with Crippen molar-refractivity contribution in [3.8, 4) is 0 Å². The van der Waals surface area contributed by atoms with E-state index in [1.54, 1.807) is 0 Å². The van der Waals surface area contributed by atoms with Crippen molar-refractivity contribution in [3.63, 3.8) is 0 Å². The second-order valence-electron chi connectivity index (χ2n) is 3.04. The van der Waals surface area contributed by atoms with E-state index in [0.717, 1.165) is 16.5 Å². The van der Waals surface area contributed by atoms with Crippen LogP contribution in [0, 0.1) is 0 Å². The van der Waals surface area contributed by atoms with Gasteiger partial charge in [0.1, 0.15) is 0 Å². The molecule has 1 aromatic rings. The maximum Gasteiger partial charge on any atom is 0.0422 e. The molecular formula is C10H15BrN2. The van der Waals surface area contributed by atoms with Gasteiger partial charge in [-0.2, -0.15) is 0 Å². The number of rotatable bonds is 3. The third-order valence-corrected chi connectivity index (χ3v) is 2.64. The molecule has 0 radical (unpaired) electrons.